The molecular weight excluding hydrogens is 290 g/mol. The molecule has 0 aromatic carbocycles. The Kier molecular flexibility index (Phi) is 3.72. The second-order valence-corrected chi connectivity index (χ2v) is 4.77. The highest BCUT2D eigenvalue weighted by Gasteiger charge is 2.56. The minimum Gasteiger partial charge on any atom is -0.384 e. The van der Waals surface area contributed by atoms with Gasteiger partial charge in [-0.25, -0.2) is 4.98 Å². The van der Waals surface area contributed by atoms with Gasteiger partial charge in [0.1, 0.15) is 11.5 Å². The van der Waals surface area contributed by atoms with E-state index in [9.17, 15) is 22.7 Å². The Hall–Kier alpha value is -0.920. The first-order valence-corrected chi connectivity index (χ1v) is 5.81. The zero-order chi connectivity index (χ0) is 14.3. The fourth-order valence-electron chi connectivity index (χ4n) is 2.15. The summed E-state index contributed by atoms with van der Waals surface area (Å²) in [5.41, 5.74) is -2.97. The highest BCUT2D eigenvalue weighted by molar-refractivity contribution is 6.30. The summed E-state index contributed by atoms with van der Waals surface area (Å²) in [5, 5.41) is 10.3. The first-order chi connectivity index (χ1) is 8.75. The molecule has 0 amide bonds. The summed E-state index contributed by atoms with van der Waals surface area (Å²) >= 11 is 5.61. The van der Waals surface area contributed by atoms with Crippen molar-refractivity contribution in [2.24, 2.45) is 5.92 Å². The maximum absolute atomic E-state index is 13.6. The Balaban J connectivity index is 2.51. The van der Waals surface area contributed by atoms with Gasteiger partial charge in [-0.2, -0.15) is 17.6 Å². The van der Waals surface area contributed by atoms with Crippen molar-refractivity contribution in [3.63, 3.8) is 0 Å². The summed E-state index contributed by atoms with van der Waals surface area (Å²) in [4.78, 5) is 3.25. The van der Waals surface area contributed by atoms with Crippen LogP contribution in [0.25, 0.3) is 0 Å². The first-order valence-electron chi connectivity index (χ1n) is 5.43. The molecule has 0 saturated carbocycles. The van der Waals surface area contributed by atoms with Gasteiger partial charge in [-0.15, -0.1) is 0 Å². The van der Waals surface area contributed by atoms with Gasteiger partial charge in [0.15, 0.2) is 0 Å². The number of nitrogens with zero attached hydrogens (tertiary/aromatic N) is 1. The second kappa shape index (κ2) is 4.88. The third-order valence-corrected chi connectivity index (χ3v) is 3.36. The molecule has 1 aromatic rings. The van der Waals surface area contributed by atoms with E-state index in [-0.39, 0.29) is 18.1 Å². The molecule has 1 aromatic heterocycles. The number of pyridine rings is 1. The van der Waals surface area contributed by atoms with Gasteiger partial charge in [-0.1, -0.05) is 11.6 Å². The highest BCUT2D eigenvalue weighted by Crippen LogP contribution is 2.46. The zero-order valence-electron chi connectivity index (χ0n) is 9.55. The fraction of sp³-hybridized carbons (Fsp3) is 0.545. The van der Waals surface area contributed by atoms with Crippen molar-refractivity contribution in [2.75, 3.05) is 13.2 Å². The van der Waals surface area contributed by atoms with Crippen LogP contribution in [0.4, 0.5) is 17.6 Å². The number of aliphatic hydroxyl groups is 1. The van der Waals surface area contributed by atoms with E-state index in [4.69, 9.17) is 16.3 Å². The Bertz CT molecular complexity index is 482. The molecule has 0 aliphatic carbocycles. The Morgan fingerprint density at radius 3 is 2.79 bits per heavy atom. The predicted octanol–water partition coefficient (Wildman–Crippen LogP) is 2.66. The second-order valence-electron chi connectivity index (χ2n) is 4.34. The van der Waals surface area contributed by atoms with E-state index in [0.29, 0.717) is 0 Å². The van der Waals surface area contributed by atoms with Crippen molar-refractivity contribution in [1.82, 2.24) is 4.98 Å². The van der Waals surface area contributed by atoms with Crippen LogP contribution in [0.2, 0.25) is 5.02 Å². The van der Waals surface area contributed by atoms with Crippen LogP contribution in [0.15, 0.2) is 12.3 Å². The monoisotopic (exact) mass is 299 g/mol. The van der Waals surface area contributed by atoms with Crippen molar-refractivity contribution >= 4 is 11.6 Å². The van der Waals surface area contributed by atoms with Gasteiger partial charge in [0.05, 0.1) is 11.6 Å². The number of halogens is 5. The van der Waals surface area contributed by atoms with Crippen LogP contribution >= 0.6 is 11.6 Å². The van der Waals surface area contributed by atoms with Gasteiger partial charge in [0, 0.05) is 24.8 Å². The van der Waals surface area contributed by atoms with Crippen LogP contribution in [-0.2, 0) is 10.3 Å². The van der Waals surface area contributed by atoms with E-state index in [2.05, 4.69) is 4.98 Å². The lowest BCUT2D eigenvalue weighted by Gasteiger charge is -2.40. The molecule has 3 nitrogen and oxygen atoms in total. The number of rotatable bonds is 1. The molecule has 19 heavy (non-hydrogen) atoms. The fourth-order valence-corrected chi connectivity index (χ4v) is 2.31. The van der Waals surface area contributed by atoms with Gasteiger partial charge in [-0.05, 0) is 6.07 Å². The van der Waals surface area contributed by atoms with Crippen molar-refractivity contribution in [1.29, 1.82) is 0 Å². The van der Waals surface area contributed by atoms with Crippen LogP contribution in [-0.4, -0.2) is 29.5 Å². The molecule has 2 atom stereocenters. The maximum Gasteiger partial charge on any atom is 0.397 e. The lowest BCUT2D eigenvalue weighted by molar-refractivity contribution is -0.264. The van der Waals surface area contributed by atoms with Crippen LogP contribution in [0, 0.1) is 11.9 Å². The van der Waals surface area contributed by atoms with Crippen molar-refractivity contribution in [3.8, 4) is 0 Å². The van der Waals surface area contributed by atoms with Gasteiger partial charge in [-0.3, -0.25) is 0 Å². The zero-order valence-corrected chi connectivity index (χ0v) is 10.3. The molecule has 8 heteroatoms. The van der Waals surface area contributed by atoms with E-state index in [1.165, 1.54) is 0 Å². The van der Waals surface area contributed by atoms with E-state index in [1.54, 1.807) is 0 Å². The molecule has 2 heterocycles. The minimum atomic E-state index is -4.72. The van der Waals surface area contributed by atoms with Gasteiger partial charge >= 0.3 is 6.18 Å². The smallest absolute Gasteiger partial charge is 0.384 e. The molecule has 1 aliphatic heterocycles. The minimum absolute atomic E-state index is 0.0442. The average Bonchev–Trinajstić information content (AvgIpc) is 2.31. The molecule has 0 spiro atoms. The largest absolute Gasteiger partial charge is 0.397 e. The average molecular weight is 300 g/mol. The molecule has 2 rings (SSSR count). The quantitative estimate of drug-likeness (QED) is 0.640. The molecule has 1 aliphatic rings. The molecule has 1 fully saturated rings. The molecule has 0 radical (unpaired) electrons. The van der Waals surface area contributed by atoms with Gasteiger partial charge in [0.2, 0.25) is 5.95 Å². The molecule has 1 saturated heterocycles. The standard InChI is InChI=1S/C11H10ClF4NO2/c12-6-3-7(9(13)17-4-6)10(18)1-2-19-5-8(10)11(14,15)16/h3-4,8,18H,1-2,5H2. The predicted molar refractivity (Wildman–Crippen MR) is 58.1 cm³/mol. The topological polar surface area (TPSA) is 42.4 Å². The number of ether oxygens (including phenoxy) is 1. The van der Waals surface area contributed by atoms with Crippen molar-refractivity contribution in [3.05, 3.63) is 28.8 Å². The summed E-state index contributed by atoms with van der Waals surface area (Å²) in [7, 11) is 0. The van der Waals surface area contributed by atoms with Crippen molar-refractivity contribution < 1.29 is 27.4 Å². The van der Waals surface area contributed by atoms with E-state index in [1.807, 2.05) is 0 Å². The number of alkyl halides is 3. The third kappa shape index (κ3) is 2.68. The van der Waals surface area contributed by atoms with E-state index < -0.39 is 35.8 Å². The summed E-state index contributed by atoms with van der Waals surface area (Å²) in [6.07, 6.45) is -4.13. The number of hydrogen-bond donors (Lipinski definition) is 1. The first kappa shape index (κ1) is 14.5. The Morgan fingerprint density at radius 2 is 2.16 bits per heavy atom. The molecule has 0 bridgehead atoms. The normalized spacial score (nSPS) is 28.4. The van der Waals surface area contributed by atoms with Crippen LogP contribution in [0.5, 0.6) is 0 Å². The van der Waals surface area contributed by atoms with Gasteiger partial charge < -0.3 is 9.84 Å². The summed E-state index contributed by atoms with van der Waals surface area (Å²) < 4.78 is 57.2. The lowest BCUT2D eigenvalue weighted by Crippen LogP contribution is -2.50. The van der Waals surface area contributed by atoms with Gasteiger partial charge in [0.25, 0.3) is 0 Å². The Labute approximate surface area is 111 Å². The summed E-state index contributed by atoms with van der Waals surface area (Å²) in [6, 6.07) is 0.966. The molecule has 106 valence electrons. The van der Waals surface area contributed by atoms with Crippen LogP contribution in [0.1, 0.15) is 12.0 Å². The number of hydrogen-bond acceptors (Lipinski definition) is 3. The van der Waals surface area contributed by atoms with E-state index >= 15 is 0 Å². The van der Waals surface area contributed by atoms with E-state index in [0.717, 1.165) is 12.3 Å². The maximum atomic E-state index is 13.6. The lowest BCUT2D eigenvalue weighted by atomic mass is 9.78. The third-order valence-electron chi connectivity index (χ3n) is 3.16. The summed E-state index contributed by atoms with van der Waals surface area (Å²) in [6.45, 7) is -0.832. The van der Waals surface area contributed by atoms with Crippen LogP contribution < -0.4 is 0 Å². The SMILES string of the molecule is OC1(c2cc(Cl)cnc2F)CCOCC1C(F)(F)F. The molecule has 2 unspecified atom stereocenters. The molecule has 1 N–H and O–H groups in total. The Morgan fingerprint density at radius 1 is 1.47 bits per heavy atom. The highest BCUT2D eigenvalue weighted by atomic mass is 35.5. The van der Waals surface area contributed by atoms with Crippen LogP contribution in [0.3, 0.4) is 0 Å². The molecular formula is C11H10ClF4NO2. The van der Waals surface area contributed by atoms with Crippen molar-refractivity contribution in [2.45, 2.75) is 18.2 Å². The number of aromatic nitrogens is 1. The summed E-state index contributed by atoms with van der Waals surface area (Å²) in [5.74, 6) is -3.38.